The average molecular weight is 541 g/mol. The summed E-state index contributed by atoms with van der Waals surface area (Å²) >= 11 is 0. The molecule has 2 aromatic carbocycles. The SMILES string of the molecule is Nc1ccc(/C=C/C(=O)NCCOc2ccc(-c3ccc(C(=O)N4CCOCC4)cc3)cc2C(F)(F)F)cn1. The van der Waals surface area contributed by atoms with Crippen LogP contribution >= 0.6 is 0 Å². The van der Waals surface area contributed by atoms with Crippen LogP contribution in [0.4, 0.5) is 19.0 Å². The van der Waals surface area contributed by atoms with E-state index < -0.39 is 17.6 Å². The Bertz CT molecular complexity index is 1320. The second-order valence-electron chi connectivity index (χ2n) is 8.68. The summed E-state index contributed by atoms with van der Waals surface area (Å²) in [5.74, 6) is -0.566. The molecule has 1 aromatic heterocycles. The summed E-state index contributed by atoms with van der Waals surface area (Å²) in [6.07, 6.45) is -0.336. The highest BCUT2D eigenvalue weighted by molar-refractivity contribution is 5.95. The number of carbonyl (C=O) groups excluding carboxylic acids is 2. The molecular formula is C28H27F3N4O4. The molecule has 2 heterocycles. The monoisotopic (exact) mass is 540 g/mol. The summed E-state index contributed by atoms with van der Waals surface area (Å²) in [6, 6.07) is 13.5. The lowest BCUT2D eigenvalue weighted by Gasteiger charge is -2.26. The first-order chi connectivity index (χ1) is 18.7. The third-order valence-corrected chi connectivity index (χ3v) is 5.94. The molecule has 2 amide bonds. The zero-order chi connectivity index (χ0) is 27.8. The van der Waals surface area contributed by atoms with E-state index in [1.165, 1.54) is 30.5 Å². The van der Waals surface area contributed by atoms with Gasteiger partial charge in [-0.15, -0.1) is 0 Å². The lowest BCUT2D eigenvalue weighted by Crippen LogP contribution is -2.40. The van der Waals surface area contributed by atoms with Crippen molar-refractivity contribution >= 4 is 23.7 Å². The number of hydrogen-bond donors (Lipinski definition) is 2. The van der Waals surface area contributed by atoms with Gasteiger partial charge < -0.3 is 25.4 Å². The maximum Gasteiger partial charge on any atom is 0.419 e. The molecule has 0 aliphatic carbocycles. The van der Waals surface area contributed by atoms with Crippen LogP contribution < -0.4 is 15.8 Å². The van der Waals surface area contributed by atoms with E-state index in [4.69, 9.17) is 15.2 Å². The third-order valence-electron chi connectivity index (χ3n) is 5.94. The van der Waals surface area contributed by atoms with Crippen molar-refractivity contribution in [1.82, 2.24) is 15.2 Å². The molecule has 204 valence electrons. The molecule has 4 rings (SSSR count). The van der Waals surface area contributed by atoms with Crippen molar-refractivity contribution in [2.45, 2.75) is 6.18 Å². The van der Waals surface area contributed by atoms with Crippen molar-refractivity contribution in [2.75, 3.05) is 45.2 Å². The molecule has 0 radical (unpaired) electrons. The minimum absolute atomic E-state index is 0.000837. The minimum Gasteiger partial charge on any atom is -0.491 e. The molecule has 0 atom stereocenters. The number of ether oxygens (including phenoxy) is 2. The number of amides is 2. The number of hydrogen-bond acceptors (Lipinski definition) is 6. The predicted octanol–water partition coefficient (Wildman–Crippen LogP) is 4.03. The summed E-state index contributed by atoms with van der Waals surface area (Å²) < 4.78 is 52.0. The van der Waals surface area contributed by atoms with E-state index in [9.17, 15) is 22.8 Å². The van der Waals surface area contributed by atoms with E-state index in [0.717, 1.165) is 6.07 Å². The van der Waals surface area contributed by atoms with Crippen molar-refractivity contribution in [3.8, 4) is 16.9 Å². The number of morpholine rings is 1. The second-order valence-corrected chi connectivity index (χ2v) is 8.68. The number of nitrogens with one attached hydrogen (secondary N) is 1. The van der Waals surface area contributed by atoms with Gasteiger partial charge in [-0.1, -0.05) is 18.2 Å². The molecule has 3 aromatic rings. The zero-order valence-electron chi connectivity index (χ0n) is 20.9. The standard InChI is InChI=1S/C28H27F3N4O4/c29-28(30,31)23-17-22(20-3-5-21(6-4-20)27(37)35-12-15-38-16-13-35)7-8-24(23)39-14-11-33-26(36)10-2-19-1-9-25(32)34-18-19/h1-10,17-18H,11-16H2,(H2,32,34)(H,33,36)/b10-2+. The highest BCUT2D eigenvalue weighted by atomic mass is 19.4. The fourth-order valence-electron chi connectivity index (χ4n) is 3.89. The smallest absolute Gasteiger partial charge is 0.419 e. The van der Waals surface area contributed by atoms with Crippen molar-refractivity contribution in [1.29, 1.82) is 0 Å². The number of nitrogen functional groups attached to an aromatic ring is 1. The Balaban J connectivity index is 1.36. The molecule has 0 unspecified atom stereocenters. The zero-order valence-corrected chi connectivity index (χ0v) is 20.9. The molecular weight excluding hydrogens is 513 g/mol. The van der Waals surface area contributed by atoms with Gasteiger partial charge >= 0.3 is 6.18 Å². The summed E-state index contributed by atoms with van der Waals surface area (Å²) in [6.45, 7) is 1.79. The van der Waals surface area contributed by atoms with Crippen molar-refractivity contribution in [2.24, 2.45) is 0 Å². The molecule has 0 spiro atoms. The topological polar surface area (TPSA) is 107 Å². The van der Waals surface area contributed by atoms with Gasteiger partial charge in [-0.2, -0.15) is 13.2 Å². The Hall–Kier alpha value is -4.38. The van der Waals surface area contributed by atoms with Gasteiger partial charge in [-0.3, -0.25) is 9.59 Å². The molecule has 0 bridgehead atoms. The van der Waals surface area contributed by atoms with Crippen molar-refractivity contribution in [3.63, 3.8) is 0 Å². The van der Waals surface area contributed by atoms with Gasteiger partial charge in [0, 0.05) is 30.9 Å². The highest BCUT2D eigenvalue weighted by Crippen LogP contribution is 2.39. The van der Waals surface area contributed by atoms with E-state index in [2.05, 4.69) is 10.3 Å². The van der Waals surface area contributed by atoms with Crippen LogP contribution in [0.25, 0.3) is 17.2 Å². The number of nitrogens with two attached hydrogens (primary N) is 1. The van der Waals surface area contributed by atoms with Crippen LogP contribution in [0.15, 0.2) is 66.9 Å². The van der Waals surface area contributed by atoms with Gasteiger partial charge in [-0.25, -0.2) is 4.98 Å². The van der Waals surface area contributed by atoms with Crippen LogP contribution in [-0.2, 0) is 15.7 Å². The molecule has 39 heavy (non-hydrogen) atoms. The van der Waals surface area contributed by atoms with Gasteiger partial charge in [0.1, 0.15) is 18.2 Å². The Morgan fingerprint density at radius 1 is 1.05 bits per heavy atom. The maximum absolute atomic E-state index is 13.8. The van der Waals surface area contributed by atoms with E-state index in [1.807, 2.05) is 0 Å². The van der Waals surface area contributed by atoms with E-state index in [1.54, 1.807) is 41.3 Å². The molecule has 1 aliphatic heterocycles. The number of anilines is 1. The highest BCUT2D eigenvalue weighted by Gasteiger charge is 2.35. The van der Waals surface area contributed by atoms with Crippen molar-refractivity contribution < 1.29 is 32.2 Å². The normalized spacial score (nSPS) is 13.9. The van der Waals surface area contributed by atoms with E-state index in [-0.39, 0.29) is 24.8 Å². The predicted molar refractivity (Wildman–Crippen MR) is 140 cm³/mol. The van der Waals surface area contributed by atoms with Gasteiger partial charge in [0.2, 0.25) is 5.91 Å². The summed E-state index contributed by atoms with van der Waals surface area (Å²) in [5, 5.41) is 2.55. The fraction of sp³-hybridized carbons (Fsp3) is 0.250. The largest absolute Gasteiger partial charge is 0.491 e. The second kappa shape index (κ2) is 12.4. The Morgan fingerprint density at radius 2 is 1.77 bits per heavy atom. The first kappa shape index (κ1) is 27.6. The number of benzene rings is 2. The third kappa shape index (κ3) is 7.57. The molecule has 0 saturated carbocycles. The van der Waals surface area contributed by atoms with Crippen LogP contribution in [0, 0.1) is 0 Å². The lowest BCUT2D eigenvalue weighted by molar-refractivity contribution is -0.139. The Kier molecular flexibility index (Phi) is 8.82. The minimum atomic E-state index is -4.66. The number of pyridine rings is 1. The van der Waals surface area contributed by atoms with Crippen LogP contribution in [0.2, 0.25) is 0 Å². The van der Waals surface area contributed by atoms with Gasteiger partial charge in [0.05, 0.1) is 25.3 Å². The van der Waals surface area contributed by atoms with Gasteiger partial charge in [-0.05, 0) is 59.2 Å². The summed E-state index contributed by atoms with van der Waals surface area (Å²) in [5.41, 5.74) is 6.56. The molecule has 11 heteroatoms. The Labute approximate surface area is 223 Å². The first-order valence-corrected chi connectivity index (χ1v) is 12.2. The molecule has 3 N–H and O–H groups in total. The average Bonchev–Trinajstić information content (AvgIpc) is 2.95. The van der Waals surface area contributed by atoms with Crippen LogP contribution in [0.3, 0.4) is 0 Å². The number of nitrogens with zero attached hydrogens (tertiary/aromatic N) is 2. The van der Waals surface area contributed by atoms with Gasteiger partial charge in [0.25, 0.3) is 5.91 Å². The molecule has 8 nitrogen and oxygen atoms in total. The number of carbonyl (C=O) groups is 2. The van der Waals surface area contributed by atoms with Crippen molar-refractivity contribution in [3.05, 3.63) is 83.6 Å². The Morgan fingerprint density at radius 3 is 2.44 bits per heavy atom. The summed E-state index contributed by atoms with van der Waals surface area (Å²) in [4.78, 5) is 30.2. The number of aromatic nitrogens is 1. The molecule has 1 saturated heterocycles. The maximum atomic E-state index is 13.8. The van der Waals surface area contributed by atoms with Crippen LogP contribution in [-0.4, -0.2) is 61.2 Å². The fourth-order valence-corrected chi connectivity index (χ4v) is 3.89. The van der Waals surface area contributed by atoms with Crippen LogP contribution in [0.1, 0.15) is 21.5 Å². The number of alkyl halides is 3. The quantitative estimate of drug-likeness (QED) is 0.330. The van der Waals surface area contributed by atoms with Crippen LogP contribution in [0.5, 0.6) is 5.75 Å². The first-order valence-electron chi connectivity index (χ1n) is 12.2. The summed E-state index contributed by atoms with van der Waals surface area (Å²) in [7, 11) is 0. The van der Waals surface area contributed by atoms with Gasteiger partial charge in [0.15, 0.2) is 0 Å². The molecule has 1 fully saturated rings. The lowest BCUT2D eigenvalue weighted by atomic mass is 10.0. The van der Waals surface area contributed by atoms with E-state index >= 15 is 0 Å². The van der Waals surface area contributed by atoms with E-state index in [0.29, 0.717) is 54.4 Å². The number of halogens is 3. The molecule has 1 aliphatic rings. The number of rotatable bonds is 8.